The summed E-state index contributed by atoms with van der Waals surface area (Å²) in [5, 5.41) is 12.7. The predicted molar refractivity (Wildman–Crippen MR) is 86.9 cm³/mol. The van der Waals surface area contributed by atoms with Gasteiger partial charge in [-0.15, -0.1) is 0 Å². The zero-order chi connectivity index (χ0) is 17.0. The fraction of sp³-hybridized carbons (Fsp3) is 0.467. The highest BCUT2D eigenvalue weighted by atomic mass is 35.5. The van der Waals surface area contributed by atoms with E-state index < -0.39 is 12.1 Å². The average Bonchev–Trinajstić information content (AvgIpc) is 2.54. The molecule has 1 aromatic carbocycles. The zero-order valence-corrected chi connectivity index (χ0v) is 13.6. The number of methoxy groups -OCH3 is 1. The number of hydrogen-bond acceptors (Lipinski definition) is 5. The minimum atomic E-state index is -0.901. The predicted octanol–water partition coefficient (Wildman–Crippen LogP) is 2.14. The maximum Gasteiger partial charge on any atom is 0.407 e. The third-order valence-electron chi connectivity index (χ3n) is 3.95. The molecule has 1 aliphatic rings. The van der Waals surface area contributed by atoms with Gasteiger partial charge in [0.1, 0.15) is 0 Å². The lowest BCUT2D eigenvalue weighted by atomic mass is 10.0. The Hall–Kier alpha value is -1.99. The Labute approximate surface area is 139 Å². The smallest absolute Gasteiger partial charge is 0.407 e. The molecule has 8 heteroatoms. The molecule has 126 valence electrons. The number of ether oxygens (including phenoxy) is 1. The second kappa shape index (κ2) is 7.52. The van der Waals surface area contributed by atoms with Crippen LogP contribution in [0.2, 0.25) is 5.02 Å². The van der Waals surface area contributed by atoms with Crippen LogP contribution in [0.4, 0.5) is 10.5 Å². The van der Waals surface area contributed by atoms with Crippen molar-refractivity contribution in [3.05, 3.63) is 28.3 Å². The van der Waals surface area contributed by atoms with Gasteiger partial charge in [-0.05, 0) is 25.0 Å². The van der Waals surface area contributed by atoms with E-state index in [1.54, 1.807) is 6.07 Å². The van der Waals surface area contributed by atoms with Crippen LogP contribution in [0.25, 0.3) is 0 Å². The van der Waals surface area contributed by atoms with E-state index in [0.29, 0.717) is 47.8 Å². The van der Waals surface area contributed by atoms with E-state index in [0.717, 1.165) is 0 Å². The van der Waals surface area contributed by atoms with E-state index in [9.17, 15) is 9.59 Å². The van der Waals surface area contributed by atoms with E-state index in [-0.39, 0.29) is 12.6 Å². The maximum absolute atomic E-state index is 11.9. The minimum Gasteiger partial charge on any atom is -0.465 e. The fourth-order valence-corrected chi connectivity index (χ4v) is 2.93. The second-order valence-corrected chi connectivity index (χ2v) is 5.80. The van der Waals surface area contributed by atoms with Crippen molar-refractivity contribution in [2.75, 3.05) is 25.5 Å². The molecule has 0 aromatic heterocycles. The van der Waals surface area contributed by atoms with Gasteiger partial charge in [-0.2, -0.15) is 0 Å². The number of nitrogens with two attached hydrogens (primary N) is 1. The molecule has 2 rings (SSSR count). The quantitative estimate of drug-likeness (QED) is 0.725. The van der Waals surface area contributed by atoms with Crippen LogP contribution in [-0.4, -0.2) is 48.3 Å². The van der Waals surface area contributed by atoms with Gasteiger partial charge in [0.2, 0.25) is 0 Å². The van der Waals surface area contributed by atoms with Crippen molar-refractivity contribution < 1.29 is 19.4 Å². The summed E-state index contributed by atoms with van der Waals surface area (Å²) in [6.07, 6.45) is 0.453. The third-order valence-corrected chi connectivity index (χ3v) is 4.17. The largest absolute Gasteiger partial charge is 0.465 e. The van der Waals surface area contributed by atoms with Gasteiger partial charge in [0.25, 0.3) is 0 Å². The molecule has 1 heterocycles. The minimum absolute atomic E-state index is 0.0971. The van der Waals surface area contributed by atoms with Gasteiger partial charge in [-0.3, -0.25) is 0 Å². The van der Waals surface area contributed by atoms with Crippen molar-refractivity contribution >= 4 is 29.4 Å². The fourth-order valence-electron chi connectivity index (χ4n) is 2.71. The summed E-state index contributed by atoms with van der Waals surface area (Å²) in [5.74, 6) is -0.489. The summed E-state index contributed by atoms with van der Waals surface area (Å²) in [6.45, 7) is 1.10. The Morgan fingerprint density at radius 1 is 1.43 bits per heavy atom. The molecule has 1 fully saturated rings. The molecule has 0 radical (unpaired) electrons. The standard InChI is InChI=1S/C15H20ClN3O4/c1-23-14(20)11-6-9(16)7-13(12(11)8-17)18-10-2-4-19(5-3-10)15(21)22/h6-7,10,18H,2-5,8,17H2,1H3,(H,21,22). The van der Waals surface area contributed by atoms with Crippen LogP contribution >= 0.6 is 11.6 Å². The van der Waals surface area contributed by atoms with Gasteiger partial charge >= 0.3 is 12.1 Å². The van der Waals surface area contributed by atoms with Crippen molar-refractivity contribution in [3.8, 4) is 0 Å². The molecule has 7 nitrogen and oxygen atoms in total. The van der Waals surface area contributed by atoms with Gasteiger partial charge in [0.05, 0.1) is 12.7 Å². The number of halogens is 1. The van der Waals surface area contributed by atoms with Crippen LogP contribution in [0.3, 0.4) is 0 Å². The summed E-state index contributed by atoms with van der Waals surface area (Å²) in [6, 6.07) is 3.35. The van der Waals surface area contributed by atoms with Crippen molar-refractivity contribution in [3.63, 3.8) is 0 Å². The summed E-state index contributed by atoms with van der Waals surface area (Å²) in [5.41, 5.74) is 7.45. The Kier molecular flexibility index (Phi) is 5.68. The molecule has 4 N–H and O–H groups in total. The normalized spacial score (nSPS) is 15.3. The number of likely N-dealkylation sites (tertiary alicyclic amines) is 1. The van der Waals surface area contributed by atoms with Crippen LogP contribution in [0.15, 0.2) is 12.1 Å². The number of rotatable bonds is 4. The Morgan fingerprint density at radius 3 is 2.61 bits per heavy atom. The molecule has 0 unspecified atom stereocenters. The number of hydrogen-bond donors (Lipinski definition) is 3. The zero-order valence-electron chi connectivity index (χ0n) is 12.8. The number of carbonyl (C=O) groups excluding carboxylic acids is 1. The van der Waals surface area contributed by atoms with Crippen LogP contribution in [0.1, 0.15) is 28.8 Å². The number of piperidine rings is 1. The third kappa shape index (κ3) is 4.05. The highest BCUT2D eigenvalue weighted by Crippen LogP contribution is 2.28. The molecule has 1 amide bonds. The van der Waals surface area contributed by atoms with E-state index >= 15 is 0 Å². The number of amides is 1. The van der Waals surface area contributed by atoms with E-state index in [4.69, 9.17) is 27.2 Å². The first-order valence-corrected chi connectivity index (χ1v) is 7.69. The van der Waals surface area contributed by atoms with Crippen molar-refractivity contribution in [2.24, 2.45) is 5.73 Å². The van der Waals surface area contributed by atoms with Crippen molar-refractivity contribution in [1.82, 2.24) is 4.90 Å². The van der Waals surface area contributed by atoms with E-state index in [1.807, 2.05) is 0 Å². The molecular formula is C15H20ClN3O4. The van der Waals surface area contributed by atoms with E-state index in [1.165, 1.54) is 18.1 Å². The number of esters is 1. The molecule has 1 aromatic rings. The highest BCUT2D eigenvalue weighted by Gasteiger charge is 2.24. The Balaban J connectivity index is 2.18. The summed E-state index contributed by atoms with van der Waals surface area (Å²) < 4.78 is 4.77. The second-order valence-electron chi connectivity index (χ2n) is 5.36. The van der Waals surface area contributed by atoms with Gasteiger partial charge in [0, 0.05) is 41.9 Å². The Morgan fingerprint density at radius 2 is 2.09 bits per heavy atom. The van der Waals surface area contributed by atoms with Crippen LogP contribution in [-0.2, 0) is 11.3 Å². The van der Waals surface area contributed by atoms with Gasteiger partial charge in [0.15, 0.2) is 0 Å². The molecule has 0 aliphatic carbocycles. The van der Waals surface area contributed by atoms with Gasteiger partial charge in [-0.25, -0.2) is 9.59 Å². The van der Waals surface area contributed by atoms with Crippen LogP contribution in [0.5, 0.6) is 0 Å². The number of nitrogens with one attached hydrogen (secondary N) is 1. The lowest BCUT2D eigenvalue weighted by Gasteiger charge is -2.31. The van der Waals surface area contributed by atoms with Gasteiger partial charge < -0.3 is 25.8 Å². The van der Waals surface area contributed by atoms with E-state index in [2.05, 4.69) is 5.32 Å². The topological polar surface area (TPSA) is 105 Å². The average molecular weight is 342 g/mol. The summed E-state index contributed by atoms with van der Waals surface area (Å²) in [7, 11) is 1.30. The number of nitrogens with zero attached hydrogens (tertiary/aromatic N) is 1. The van der Waals surface area contributed by atoms with Crippen LogP contribution < -0.4 is 11.1 Å². The summed E-state index contributed by atoms with van der Waals surface area (Å²) in [4.78, 5) is 24.2. The van der Waals surface area contributed by atoms with Gasteiger partial charge in [-0.1, -0.05) is 11.6 Å². The SMILES string of the molecule is COC(=O)c1cc(Cl)cc(NC2CCN(C(=O)O)CC2)c1CN. The summed E-state index contributed by atoms with van der Waals surface area (Å²) >= 11 is 6.09. The molecule has 1 saturated heterocycles. The lowest BCUT2D eigenvalue weighted by molar-refractivity contribution is 0.0599. The molecule has 0 atom stereocenters. The molecule has 23 heavy (non-hydrogen) atoms. The first kappa shape index (κ1) is 17.4. The molecular weight excluding hydrogens is 322 g/mol. The number of carboxylic acid groups (broad SMARTS) is 1. The molecule has 0 bridgehead atoms. The number of anilines is 1. The van der Waals surface area contributed by atoms with Crippen molar-refractivity contribution in [1.29, 1.82) is 0 Å². The maximum atomic E-state index is 11.9. The lowest BCUT2D eigenvalue weighted by Crippen LogP contribution is -2.41. The number of carbonyl (C=O) groups is 2. The molecule has 1 aliphatic heterocycles. The molecule has 0 spiro atoms. The first-order chi connectivity index (χ1) is 11.0. The van der Waals surface area contributed by atoms with Crippen LogP contribution in [0, 0.1) is 0 Å². The first-order valence-electron chi connectivity index (χ1n) is 7.31. The van der Waals surface area contributed by atoms with Crippen molar-refractivity contribution in [2.45, 2.75) is 25.4 Å². The Bertz CT molecular complexity index is 601. The monoisotopic (exact) mass is 341 g/mol. The highest BCUT2D eigenvalue weighted by molar-refractivity contribution is 6.31. The number of benzene rings is 1. The molecule has 0 saturated carbocycles.